The van der Waals surface area contributed by atoms with E-state index in [1.165, 1.54) is 11.0 Å². The number of tetrazole rings is 1. The number of aryl methyl sites for hydroxylation is 1. The Hall–Kier alpha value is -1.46. The first-order chi connectivity index (χ1) is 5.33. The van der Waals surface area contributed by atoms with Crippen LogP contribution in [0.1, 0.15) is 6.42 Å². The Bertz CT molecular complexity index is 219. The fraction of sp³-hybridized carbons (Fsp3) is 0.600. The van der Waals surface area contributed by atoms with Crippen molar-refractivity contribution in [2.24, 2.45) is 0 Å². The number of carbonyl (C=O) groups is 1. The highest BCUT2D eigenvalue weighted by molar-refractivity contribution is 5.75. The number of nitrogens with zero attached hydrogens (tertiary/aromatic N) is 4. The van der Waals surface area contributed by atoms with E-state index in [9.17, 15) is 4.79 Å². The quantitative estimate of drug-likeness (QED) is 0.595. The Morgan fingerprint density at radius 2 is 2.55 bits per heavy atom. The van der Waals surface area contributed by atoms with Gasteiger partial charge in [0.1, 0.15) is 6.33 Å². The maximum atomic E-state index is 10.7. The first-order valence-electron chi connectivity index (χ1n) is 3.24. The molecular formula is C5H9N5O. The van der Waals surface area contributed by atoms with Crippen molar-refractivity contribution in [3.05, 3.63) is 6.33 Å². The number of nitrogens with one attached hydrogen (secondary N) is 1. The third-order valence-corrected chi connectivity index (χ3v) is 1.24. The fourth-order valence-corrected chi connectivity index (χ4v) is 0.624. The van der Waals surface area contributed by atoms with Gasteiger partial charge in [0.25, 0.3) is 0 Å². The highest BCUT2D eigenvalue weighted by Crippen LogP contribution is 1.84. The molecule has 0 bridgehead atoms. The number of hydrogen-bond acceptors (Lipinski definition) is 4. The van der Waals surface area contributed by atoms with Crippen LogP contribution in [-0.4, -0.2) is 33.2 Å². The highest BCUT2D eigenvalue weighted by atomic mass is 16.1. The van der Waals surface area contributed by atoms with Crippen LogP contribution in [0.5, 0.6) is 0 Å². The van der Waals surface area contributed by atoms with Crippen LogP contribution >= 0.6 is 0 Å². The summed E-state index contributed by atoms with van der Waals surface area (Å²) in [5.41, 5.74) is 0. The van der Waals surface area contributed by atoms with Gasteiger partial charge in [-0.25, -0.2) is 4.68 Å². The lowest BCUT2D eigenvalue weighted by Gasteiger charge is -1.97. The number of hydrogen-bond donors (Lipinski definition) is 1. The lowest BCUT2D eigenvalue weighted by atomic mass is 10.4. The SMILES string of the molecule is CNC(=O)CCn1cnnn1. The lowest BCUT2D eigenvalue weighted by Crippen LogP contribution is -2.19. The average Bonchev–Trinajstić information content (AvgIpc) is 2.52. The van der Waals surface area contributed by atoms with Crippen LogP contribution < -0.4 is 5.32 Å². The van der Waals surface area contributed by atoms with Crippen molar-refractivity contribution in [1.82, 2.24) is 25.5 Å². The van der Waals surface area contributed by atoms with Crippen LogP contribution in [0.3, 0.4) is 0 Å². The molecule has 0 aliphatic heterocycles. The summed E-state index contributed by atoms with van der Waals surface area (Å²) in [6.45, 7) is 0.521. The number of carbonyl (C=O) groups excluding carboxylic acids is 1. The molecule has 0 saturated heterocycles. The summed E-state index contributed by atoms with van der Waals surface area (Å²) >= 11 is 0. The fourth-order valence-electron chi connectivity index (χ4n) is 0.624. The van der Waals surface area contributed by atoms with Gasteiger partial charge in [-0.05, 0) is 10.4 Å². The molecule has 1 aromatic rings. The van der Waals surface area contributed by atoms with Gasteiger partial charge < -0.3 is 5.32 Å². The van der Waals surface area contributed by atoms with E-state index in [0.29, 0.717) is 13.0 Å². The van der Waals surface area contributed by atoms with E-state index < -0.39 is 0 Å². The molecule has 0 radical (unpaired) electrons. The van der Waals surface area contributed by atoms with E-state index in [2.05, 4.69) is 20.8 Å². The van der Waals surface area contributed by atoms with Gasteiger partial charge in [0.2, 0.25) is 5.91 Å². The summed E-state index contributed by atoms with van der Waals surface area (Å²) in [4.78, 5) is 10.7. The van der Waals surface area contributed by atoms with Crippen molar-refractivity contribution in [1.29, 1.82) is 0 Å². The van der Waals surface area contributed by atoms with Gasteiger partial charge in [-0.3, -0.25) is 4.79 Å². The average molecular weight is 155 g/mol. The molecule has 1 rings (SSSR count). The van der Waals surface area contributed by atoms with Crippen molar-refractivity contribution in [2.75, 3.05) is 7.05 Å². The Balaban J connectivity index is 2.29. The van der Waals surface area contributed by atoms with Crippen molar-refractivity contribution in [3.63, 3.8) is 0 Å². The van der Waals surface area contributed by atoms with Crippen LogP contribution in [0.4, 0.5) is 0 Å². The summed E-state index contributed by atoms with van der Waals surface area (Å²) < 4.78 is 1.51. The molecule has 0 spiro atoms. The van der Waals surface area contributed by atoms with E-state index >= 15 is 0 Å². The van der Waals surface area contributed by atoms with E-state index in [-0.39, 0.29) is 5.91 Å². The van der Waals surface area contributed by atoms with Crippen LogP contribution in [0.15, 0.2) is 6.33 Å². The van der Waals surface area contributed by atoms with Crippen molar-refractivity contribution in [2.45, 2.75) is 13.0 Å². The van der Waals surface area contributed by atoms with Gasteiger partial charge >= 0.3 is 0 Å². The van der Waals surface area contributed by atoms with Gasteiger partial charge in [-0.1, -0.05) is 0 Å². The van der Waals surface area contributed by atoms with Crippen LogP contribution in [0.25, 0.3) is 0 Å². The molecule has 6 nitrogen and oxygen atoms in total. The van der Waals surface area contributed by atoms with Gasteiger partial charge in [0.05, 0.1) is 6.54 Å². The maximum absolute atomic E-state index is 10.7. The minimum Gasteiger partial charge on any atom is -0.359 e. The molecule has 1 N–H and O–H groups in total. The minimum absolute atomic E-state index is 0.0134. The molecule has 1 aromatic heterocycles. The molecule has 0 unspecified atom stereocenters. The van der Waals surface area contributed by atoms with Gasteiger partial charge in [-0.2, -0.15) is 0 Å². The molecule has 0 aliphatic rings. The molecule has 0 aromatic carbocycles. The predicted octanol–water partition coefficient (Wildman–Crippen LogP) is -1.19. The molecule has 0 fully saturated rings. The first-order valence-corrected chi connectivity index (χ1v) is 3.24. The second kappa shape index (κ2) is 3.65. The summed E-state index contributed by atoms with van der Waals surface area (Å²) in [7, 11) is 1.60. The summed E-state index contributed by atoms with van der Waals surface area (Å²) in [5.74, 6) is -0.0134. The molecule has 0 aliphatic carbocycles. The molecule has 1 amide bonds. The van der Waals surface area contributed by atoms with Crippen molar-refractivity contribution < 1.29 is 4.79 Å². The maximum Gasteiger partial charge on any atom is 0.221 e. The minimum atomic E-state index is -0.0134. The first kappa shape index (κ1) is 7.64. The van der Waals surface area contributed by atoms with E-state index in [1.54, 1.807) is 7.05 Å². The van der Waals surface area contributed by atoms with Crippen LogP contribution in [0.2, 0.25) is 0 Å². The molecule has 6 heteroatoms. The monoisotopic (exact) mass is 155 g/mol. The Morgan fingerprint density at radius 1 is 1.73 bits per heavy atom. The number of aromatic nitrogens is 4. The summed E-state index contributed by atoms with van der Waals surface area (Å²) in [5, 5.41) is 13.0. The Labute approximate surface area is 63.6 Å². The second-order valence-electron chi connectivity index (χ2n) is 2.00. The van der Waals surface area contributed by atoms with Gasteiger partial charge in [0.15, 0.2) is 0 Å². The van der Waals surface area contributed by atoms with E-state index in [0.717, 1.165) is 0 Å². The van der Waals surface area contributed by atoms with Crippen LogP contribution in [-0.2, 0) is 11.3 Å². The zero-order valence-electron chi connectivity index (χ0n) is 6.19. The largest absolute Gasteiger partial charge is 0.359 e. The molecular weight excluding hydrogens is 146 g/mol. The molecule has 60 valence electrons. The predicted molar refractivity (Wildman–Crippen MR) is 36.5 cm³/mol. The van der Waals surface area contributed by atoms with E-state index in [1.807, 2.05) is 0 Å². The Morgan fingerprint density at radius 3 is 3.09 bits per heavy atom. The molecule has 1 heterocycles. The van der Waals surface area contributed by atoms with Crippen molar-refractivity contribution in [3.8, 4) is 0 Å². The zero-order chi connectivity index (χ0) is 8.10. The third-order valence-electron chi connectivity index (χ3n) is 1.24. The van der Waals surface area contributed by atoms with E-state index in [4.69, 9.17) is 0 Å². The normalized spacial score (nSPS) is 9.55. The number of rotatable bonds is 3. The lowest BCUT2D eigenvalue weighted by molar-refractivity contribution is -0.120. The Kier molecular flexibility index (Phi) is 2.53. The standard InChI is InChI=1S/C5H9N5O/c1-6-5(11)2-3-10-4-7-8-9-10/h4H,2-3H2,1H3,(H,6,11). The second-order valence-corrected chi connectivity index (χ2v) is 2.00. The van der Waals surface area contributed by atoms with Gasteiger partial charge in [-0.15, -0.1) is 5.10 Å². The summed E-state index contributed by atoms with van der Waals surface area (Å²) in [6.07, 6.45) is 1.88. The molecule has 11 heavy (non-hydrogen) atoms. The smallest absolute Gasteiger partial charge is 0.221 e. The zero-order valence-corrected chi connectivity index (χ0v) is 6.19. The molecule has 0 saturated carbocycles. The van der Waals surface area contributed by atoms with Crippen molar-refractivity contribution >= 4 is 5.91 Å². The highest BCUT2D eigenvalue weighted by Gasteiger charge is 1.98. The number of amides is 1. The molecule has 0 atom stereocenters. The van der Waals surface area contributed by atoms with Crippen LogP contribution in [0, 0.1) is 0 Å². The topological polar surface area (TPSA) is 72.7 Å². The van der Waals surface area contributed by atoms with Gasteiger partial charge in [0, 0.05) is 13.5 Å². The third kappa shape index (κ3) is 2.32. The summed E-state index contributed by atoms with van der Waals surface area (Å²) in [6, 6.07) is 0.